The van der Waals surface area contributed by atoms with E-state index in [4.69, 9.17) is 8.74 Å². The second kappa shape index (κ2) is 11.4. The van der Waals surface area contributed by atoms with E-state index in [9.17, 15) is 22.2 Å². The molecule has 1 saturated carbocycles. The first-order valence-electron chi connectivity index (χ1n) is 10.9. The van der Waals surface area contributed by atoms with Gasteiger partial charge in [0.2, 0.25) is 5.78 Å². The summed E-state index contributed by atoms with van der Waals surface area (Å²) in [4.78, 5) is 24.0. The van der Waals surface area contributed by atoms with Gasteiger partial charge in [-0.3, -0.25) is 13.5 Å². The van der Waals surface area contributed by atoms with Gasteiger partial charge in [0.15, 0.2) is 0 Å². The molecule has 2 heterocycles. The molecular weight excluding hydrogens is 535 g/mol. The third kappa shape index (κ3) is 6.71. The summed E-state index contributed by atoms with van der Waals surface area (Å²) >= 11 is 0.141. The van der Waals surface area contributed by atoms with Crippen molar-refractivity contribution in [3.8, 4) is 0 Å². The average molecular weight is 558 g/mol. The SMILES string of the molecule is Cc1sc(C(=O)c2cncnc2NC2CCC(COS(=O)O)C2)cc1Sc1cccc(C(F)(F)F)c1. The number of halogens is 3. The smallest absolute Gasteiger partial charge is 0.367 e. The summed E-state index contributed by atoms with van der Waals surface area (Å²) in [6.45, 7) is 2.00. The zero-order valence-electron chi connectivity index (χ0n) is 18.9. The lowest BCUT2D eigenvalue weighted by atomic mass is 10.1. The molecule has 36 heavy (non-hydrogen) atoms. The second-order valence-electron chi connectivity index (χ2n) is 8.29. The molecule has 3 unspecified atom stereocenters. The number of rotatable bonds is 9. The highest BCUT2D eigenvalue weighted by molar-refractivity contribution is 7.99. The monoisotopic (exact) mass is 557 g/mol. The molecule has 1 aliphatic rings. The van der Waals surface area contributed by atoms with Crippen molar-refractivity contribution >= 4 is 46.1 Å². The topological polar surface area (TPSA) is 101 Å². The number of thiophene rings is 1. The van der Waals surface area contributed by atoms with Crippen LogP contribution in [0.1, 0.15) is 44.9 Å². The van der Waals surface area contributed by atoms with Gasteiger partial charge >= 0.3 is 17.5 Å². The minimum Gasteiger partial charge on any atom is -0.367 e. The quantitative estimate of drug-likeness (QED) is 0.245. The van der Waals surface area contributed by atoms with E-state index in [1.165, 1.54) is 41.7 Å². The average Bonchev–Trinajstić information content (AvgIpc) is 3.43. The lowest BCUT2D eigenvalue weighted by molar-refractivity contribution is -0.137. The van der Waals surface area contributed by atoms with Crippen molar-refractivity contribution in [2.24, 2.45) is 5.92 Å². The molecule has 3 atom stereocenters. The van der Waals surface area contributed by atoms with Crippen LogP contribution in [0.25, 0.3) is 0 Å². The molecule has 0 amide bonds. The maximum Gasteiger partial charge on any atom is 0.416 e. The Bertz CT molecular complexity index is 1270. The summed E-state index contributed by atoms with van der Waals surface area (Å²) < 4.78 is 63.5. The molecule has 0 saturated heterocycles. The number of carbonyl (C=O) groups excluding carboxylic acids is 1. The number of benzene rings is 1. The molecule has 7 nitrogen and oxygen atoms in total. The number of aryl methyl sites for hydroxylation is 1. The highest BCUT2D eigenvalue weighted by atomic mass is 32.2. The van der Waals surface area contributed by atoms with Gasteiger partial charge in [-0.25, -0.2) is 9.97 Å². The summed E-state index contributed by atoms with van der Waals surface area (Å²) in [5.74, 6) is 0.232. The van der Waals surface area contributed by atoms with E-state index in [1.54, 1.807) is 12.1 Å². The Labute approximate surface area is 216 Å². The predicted molar refractivity (Wildman–Crippen MR) is 132 cm³/mol. The van der Waals surface area contributed by atoms with E-state index in [1.807, 2.05) is 6.92 Å². The predicted octanol–water partition coefficient (Wildman–Crippen LogP) is 5.98. The standard InChI is InChI=1S/C23H22F3N3O4S3/c1-13-19(35-17-4-2-3-15(8-17)23(24,25)26)9-20(34-13)21(30)18-10-27-12-28-22(18)29-16-6-5-14(7-16)11-33-36(31)32/h2-4,8-10,12,14,16H,5-7,11H2,1H3,(H,31,32)(H,27,28,29). The van der Waals surface area contributed by atoms with E-state index in [-0.39, 0.29) is 24.3 Å². The molecule has 0 bridgehead atoms. The summed E-state index contributed by atoms with van der Waals surface area (Å²) in [7, 11) is 0. The fraction of sp³-hybridized carbons (Fsp3) is 0.348. The number of hydrogen-bond acceptors (Lipinski definition) is 8. The van der Waals surface area contributed by atoms with Crippen molar-refractivity contribution in [3.63, 3.8) is 0 Å². The van der Waals surface area contributed by atoms with Crippen LogP contribution in [0, 0.1) is 12.8 Å². The fourth-order valence-corrected chi connectivity index (χ4v) is 6.40. The normalized spacial score (nSPS) is 18.8. The van der Waals surface area contributed by atoms with Crippen LogP contribution in [-0.4, -0.2) is 37.2 Å². The molecule has 1 aliphatic carbocycles. The minimum absolute atomic E-state index is 0.0178. The number of nitrogens with zero attached hydrogens (tertiary/aromatic N) is 2. The van der Waals surface area contributed by atoms with Crippen LogP contribution >= 0.6 is 23.1 Å². The molecular formula is C23H22F3N3O4S3. The van der Waals surface area contributed by atoms with Crippen LogP contribution in [0.3, 0.4) is 0 Å². The van der Waals surface area contributed by atoms with E-state index in [2.05, 4.69) is 15.3 Å². The highest BCUT2D eigenvalue weighted by Crippen LogP contribution is 2.39. The van der Waals surface area contributed by atoms with Gasteiger partial charge in [-0.05, 0) is 56.4 Å². The third-order valence-electron chi connectivity index (χ3n) is 5.73. The maximum absolute atomic E-state index is 13.3. The Morgan fingerprint density at radius 3 is 2.89 bits per heavy atom. The van der Waals surface area contributed by atoms with Gasteiger partial charge in [0, 0.05) is 26.9 Å². The molecule has 4 rings (SSSR count). The first kappa shape index (κ1) is 26.7. The van der Waals surface area contributed by atoms with Crippen molar-refractivity contribution in [3.05, 3.63) is 63.7 Å². The van der Waals surface area contributed by atoms with E-state index >= 15 is 0 Å². The van der Waals surface area contributed by atoms with Gasteiger partial charge in [-0.1, -0.05) is 17.8 Å². The molecule has 2 N–H and O–H groups in total. The van der Waals surface area contributed by atoms with E-state index in [0.717, 1.165) is 29.9 Å². The number of aromatic nitrogens is 2. The van der Waals surface area contributed by atoms with Gasteiger partial charge < -0.3 is 5.32 Å². The van der Waals surface area contributed by atoms with Crippen LogP contribution in [0.15, 0.2) is 52.6 Å². The highest BCUT2D eigenvalue weighted by Gasteiger charge is 2.31. The molecule has 2 aromatic heterocycles. The second-order valence-corrected chi connectivity index (χ2v) is 11.3. The Hall–Kier alpha value is -2.32. The Morgan fingerprint density at radius 1 is 1.33 bits per heavy atom. The van der Waals surface area contributed by atoms with Crippen LogP contribution < -0.4 is 5.32 Å². The summed E-state index contributed by atoms with van der Waals surface area (Å²) in [6.07, 6.45) is 0.658. The molecule has 13 heteroatoms. The number of alkyl halides is 3. The van der Waals surface area contributed by atoms with Crippen LogP contribution in [0.4, 0.5) is 19.0 Å². The number of hydrogen-bond donors (Lipinski definition) is 2. The van der Waals surface area contributed by atoms with Crippen molar-refractivity contribution in [2.75, 3.05) is 11.9 Å². The number of anilines is 1. The third-order valence-corrected chi connectivity index (χ3v) is 8.38. The Morgan fingerprint density at radius 2 is 2.14 bits per heavy atom. The molecule has 1 aromatic carbocycles. The molecule has 1 fully saturated rings. The van der Waals surface area contributed by atoms with Crippen LogP contribution in [0.2, 0.25) is 0 Å². The zero-order chi connectivity index (χ0) is 25.9. The molecule has 0 radical (unpaired) electrons. The van der Waals surface area contributed by atoms with Crippen molar-refractivity contribution < 1.29 is 30.9 Å². The van der Waals surface area contributed by atoms with Crippen molar-refractivity contribution in [1.29, 1.82) is 0 Å². The van der Waals surface area contributed by atoms with Gasteiger partial charge in [-0.2, -0.15) is 17.4 Å². The largest absolute Gasteiger partial charge is 0.416 e. The molecule has 0 spiro atoms. The number of carbonyl (C=O) groups is 1. The van der Waals surface area contributed by atoms with Crippen LogP contribution in [0.5, 0.6) is 0 Å². The zero-order valence-corrected chi connectivity index (χ0v) is 21.4. The van der Waals surface area contributed by atoms with E-state index in [0.29, 0.717) is 32.5 Å². The molecule has 3 aromatic rings. The first-order valence-corrected chi connectivity index (χ1v) is 13.6. The lowest BCUT2D eigenvalue weighted by Crippen LogP contribution is -2.20. The summed E-state index contributed by atoms with van der Waals surface area (Å²) in [5.41, 5.74) is -0.426. The van der Waals surface area contributed by atoms with Gasteiger partial charge in [0.25, 0.3) is 0 Å². The Kier molecular flexibility index (Phi) is 8.45. The molecule has 192 valence electrons. The molecule has 0 aliphatic heterocycles. The Balaban J connectivity index is 1.48. The summed E-state index contributed by atoms with van der Waals surface area (Å²) in [6, 6.07) is 6.78. The number of ketones is 1. The van der Waals surface area contributed by atoms with Crippen LogP contribution in [-0.2, 0) is 21.7 Å². The van der Waals surface area contributed by atoms with Crippen molar-refractivity contribution in [1.82, 2.24) is 9.97 Å². The maximum atomic E-state index is 13.3. The number of nitrogens with one attached hydrogen (secondary N) is 1. The summed E-state index contributed by atoms with van der Waals surface area (Å²) in [5, 5.41) is 3.29. The fourth-order valence-electron chi connectivity index (χ4n) is 3.99. The van der Waals surface area contributed by atoms with Crippen molar-refractivity contribution in [2.45, 2.75) is 48.2 Å². The lowest BCUT2D eigenvalue weighted by Gasteiger charge is -2.15. The van der Waals surface area contributed by atoms with Gasteiger partial charge in [0.1, 0.15) is 12.1 Å². The minimum atomic E-state index is -4.43. The van der Waals surface area contributed by atoms with Gasteiger partial charge in [0.05, 0.1) is 22.6 Å². The first-order chi connectivity index (χ1) is 17.1. The van der Waals surface area contributed by atoms with Gasteiger partial charge in [-0.15, -0.1) is 11.3 Å². The van der Waals surface area contributed by atoms with E-state index < -0.39 is 23.1 Å².